The van der Waals surface area contributed by atoms with E-state index in [1.54, 1.807) is 28.0 Å². The number of carbonyl (C=O) groups is 4. The van der Waals surface area contributed by atoms with Crippen LogP contribution < -0.4 is 10.2 Å². The van der Waals surface area contributed by atoms with E-state index in [0.717, 1.165) is 16.6 Å². The van der Waals surface area contributed by atoms with Gasteiger partial charge in [0.1, 0.15) is 12.1 Å². The number of ketones is 1. The molecule has 0 radical (unpaired) electrons. The molecule has 2 saturated heterocycles. The van der Waals surface area contributed by atoms with E-state index in [1.165, 1.54) is 0 Å². The summed E-state index contributed by atoms with van der Waals surface area (Å²) < 4.78 is 0. The van der Waals surface area contributed by atoms with Crippen molar-refractivity contribution in [1.29, 1.82) is 0 Å². The number of hydrogen-bond donors (Lipinski definition) is 2. The van der Waals surface area contributed by atoms with Crippen LogP contribution in [0, 0.1) is 5.92 Å². The lowest BCUT2D eigenvalue weighted by atomic mass is 10.0. The predicted octanol–water partition coefficient (Wildman–Crippen LogP) is 3.07. The second-order valence-electron chi connectivity index (χ2n) is 11.1. The highest BCUT2D eigenvalue weighted by atomic mass is 16.2. The molecule has 9 heteroatoms. The molecule has 2 N–H and O–H groups in total. The minimum atomic E-state index is -0.765. The number of benzene rings is 2. The van der Waals surface area contributed by atoms with E-state index in [9.17, 15) is 19.2 Å². The molecule has 204 valence electrons. The molecule has 0 spiro atoms. The summed E-state index contributed by atoms with van der Waals surface area (Å²) in [5.74, 6) is -0.803. The number of nitrogens with zero attached hydrogens (tertiary/aromatic N) is 3. The Hall–Kier alpha value is -4.14. The van der Waals surface area contributed by atoms with Crippen molar-refractivity contribution in [2.45, 2.75) is 44.8 Å². The third-order valence-electron chi connectivity index (χ3n) is 7.72. The Balaban J connectivity index is 1.32. The summed E-state index contributed by atoms with van der Waals surface area (Å²) in [7, 11) is 3.85. The van der Waals surface area contributed by atoms with Crippen LogP contribution in [-0.4, -0.2) is 83.6 Å². The first kappa shape index (κ1) is 26.5. The molecule has 2 aliphatic rings. The zero-order valence-electron chi connectivity index (χ0n) is 22.8. The first-order chi connectivity index (χ1) is 18.6. The van der Waals surface area contributed by atoms with Gasteiger partial charge in [-0.1, -0.05) is 13.8 Å². The first-order valence-electron chi connectivity index (χ1n) is 13.4. The number of H-pyrrole nitrogens is 1. The Kier molecular flexibility index (Phi) is 7.16. The molecule has 9 nitrogen and oxygen atoms in total. The Bertz CT molecular complexity index is 1410. The summed E-state index contributed by atoms with van der Waals surface area (Å²) >= 11 is 0. The molecular formula is C30H35N5O4. The molecule has 3 heterocycles. The van der Waals surface area contributed by atoms with E-state index in [4.69, 9.17) is 0 Å². The zero-order valence-corrected chi connectivity index (χ0v) is 22.8. The Labute approximate surface area is 228 Å². The number of likely N-dealkylation sites (tertiary alicyclic amines) is 2. The van der Waals surface area contributed by atoms with Gasteiger partial charge in [-0.3, -0.25) is 19.2 Å². The van der Waals surface area contributed by atoms with Gasteiger partial charge in [-0.2, -0.15) is 0 Å². The number of anilines is 1. The lowest BCUT2D eigenvalue weighted by Crippen LogP contribution is -2.53. The maximum atomic E-state index is 13.8. The number of aromatic nitrogens is 1. The minimum Gasteiger partial charge on any atom is -0.378 e. The highest BCUT2D eigenvalue weighted by Crippen LogP contribution is 2.32. The van der Waals surface area contributed by atoms with Crippen LogP contribution in [-0.2, 0) is 9.59 Å². The number of rotatable bonds is 7. The van der Waals surface area contributed by atoms with E-state index in [0.29, 0.717) is 30.5 Å². The summed E-state index contributed by atoms with van der Waals surface area (Å²) in [4.78, 5) is 61.7. The van der Waals surface area contributed by atoms with Crippen LogP contribution in [0.1, 0.15) is 47.4 Å². The maximum absolute atomic E-state index is 13.8. The molecule has 3 amide bonds. The number of Topliss-reactive ketones (excluding diaryl/α,β-unsaturated/α-hetero) is 1. The zero-order chi connectivity index (χ0) is 27.8. The van der Waals surface area contributed by atoms with Gasteiger partial charge < -0.3 is 25.0 Å². The number of aromatic amines is 1. The highest BCUT2D eigenvalue weighted by Gasteiger charge is 2.52. The second kappa shape index (κ2) is 10.6. The van der Waals surface area contributed by atoms with Crippen LogP contribution >= 0.6 is 0 Å². The van der Waals surface area contributed by atoms with Gasteiger partial charge in [0.05, 0.1) is 12.6 Å². The van der Waals surface area contributed by atoms with Crippen LogP contribution in [0.4, 0.5) is 5.69 Å². The van der Waals surface area contributed by atoms with Gasteiger partial charge in [0.25, 0.3) is 11.8 Å². The molecule has 3 atom stereocenters. The molecule has 0 bridgehead atoms. The van der Waals surface area contributed by atoms with Crippen LogP contribution in [0.3, 0.4) is 0 Å². The van der Waals surface area contributed by atoms with Crippen LogP contribution in [0.5, 0.6) is 0 Å². The summed E-state index contributed by atoms with van der Waals surface area (Å²) in [6.07, 6.45) is 2.79. The van der Waals surface area contributed by atoms with Crippen molar-refractivity contribution in [3.8, 4) is 0 Å². The molecule has 0 aliphatic carbocycles. The van der Waals surface area contributed by atoms with Crippen LogP contribution in [0.25, 0.3) is 10.9 Å². The van der Waals surface area contributed by atoms with E-state index in [2.05, 4.69) is 10.3 Å². The van der Waals surface area contributed by atoms with Crippen molar-refractivity contribution in [2.75, 3.05) is 32.1 Å². The van der Waals surface area contributed by atoms with E-state index in [1.807, 2.05) is 69.4 Å². The average molecular weight is 530 g/mol. The minimum absolute atomic E-state index is 0.0252. The number of carbonyl (C=O) groups excluding carboxylic acids is 4. The Morgan fingerprint density at radius 2 is 1.74 bits per heavy atom. The monoisotopic (exact) mass is 529 g/mol. The first-order valence-corrected chi connectivity index (χ1v) is 13.4. The quantitative estimate of drug-likeness (QED) is 0.489. The lowest BCUT2D eigenvalue weighted by Gasteiger charge is -2.29. The molecule has 3 aromatic rings. The number of hydrogen-bond acceptors (Lipinski definition) is 5. The van der Waals surface area contributed by atoms with Crippen molar-refractivity contribution in [3.63, 3.8) is 0 Å². The van der Waals surface area contributed by atoms with Crippen LogP contribution in [0.15, 0.2) is 54.7 Å². The third-order valence-corrected chi connectivity index (χ3v) is 7.72. The van der Waals surface area contributed by atoms with Gasteiger partial charge in [-0.05, 0) is 67.3 Å². The lowest BCUT2D eigenvalue weighted by molar-refractivity contribution is -0.138. The SMILES string of the molecule is CC(C)CC(NC(=O)c1ccc(N(C)C)cc1)C(=O)N1CCC2C1C(=O)CN2C(=O)c1ccc2[nH]ccc2c1. The Morgan fingerprint density at radius 3 is 2.44 bits per heavy atom. The molecule has 5 rings (SSSR count). The molecule has 2 fully saturated rings. The topological polar surface area (TPSA) is 106 Å². The summed E-state index contributed by atoms with van der Waals surface area (Å²) in [5.41, 5.74) is 2.89. The largest absolute Gasteiger partial charge is 0.378 e. The fourth-order valence-electron chi connectivity index (χ4n) is 5.74. The second-order valence-corrected chi connectivity index (χ2v) is 11.1. The molecule has 0 saturated carbocycles. The van der Waals surface area contributed by atoms with Crippen molar-refractivity contribution >= 4 is 40.1 Å². The molecule has 2 aromatic carbocycles. The van der Waals surface area contributed by atoms with Crippen LogP contribution in [0.2, 0.25) is 0 Å². The standard InChI is InChI=1S/C30H35N5O4/c1-18(2)15-24(32-28(37)19-5-8-22(9-6-19)33(3)4)30(39)34-14-12-25-27(34)26(36)17-35(25)29(38)21-7-10-23-20(16-21)11-13-31-23/h5-11,13,16,18,24-25,27,31H,12,14-15,17H2,1-4H3,(H,32,37). The highest BCUT2D eigenvalue weighted by molar-refractivity contribution is 6.04. The fraction of sp³-hybridized carbons (Fsp3) is 0.400. The summed E-state index contributed by atoms with van der Waals surface area (Å²) in [6.45, 7) is 4.33. The van der Waals surface area contributed by atoms with Gasteiger partial charge in [-0.15, -0.1) is 0 Å². The molecule has 1 aromatic heterocycles. The number of nitrogens with one attached hydrogen (secondary N) is 2. The van der Waals surface area contributed by atoms with Gasteiger partial charge in [0.15, 0.2) is 5.78 Å². The third kappa shape index (κ3) is 5.13. The van der Waals surface area contributed by atoms with E-state index >= 15 is 0 Å². The van der Waals surface area contributed by atoms with Gasteiger partial charge in [0.2, 0.25) is 5.91 Å². The smallest absolute Gasteiger partial charge is 0.254 e. The summed E-state index contributed by atoms with van der Waals surface area (Å²) in [6, 6.07) is 12.7. The molecular weight excluding hydrogens is 494 g/mol. The maximum Gasteiger partial charge on any atom is 0.254 e. The van der Waals surface area contributed by atoms with E-state index in [-0.39, 0.29) is 42.0 Å². The fourth-order valence-corrected chi connectivity index (χ4v) is 5.74. The van der Waals surface area contributed by atoms with Gasteiger partial charge in [-0.25, -0.2) is 0 Å². The summed E-state index contributed by atoms with van der Waals surface area (Å²) in [5, 5.41) is 3.85. The van der Waals surface area contributed by atoms with Gasteiger partial charge in [0, 0.05) is 54.6 Å². The molecule has 3 unspecified atom stereocenters. The molecule has 2 aliphatic heterocycles. The average Bonchev–Trinajstić information content (AvgIpc) is 3.63. The van der Waals surface area contributed by atoms with Crippen molar-refractivity contribution in [3.05, 3.63) is 65.9 Å². The van der Waals surface area contributed by atoms with Crippen molar-refractivity contribution in [2.24, 2.45) is 5.92 Å². The van der Waals surface area contributed by atoms with E-state index < -0.39 is 12.1 Å². The Morgan fingerprint density at radius 1 is 1.03 bits per heavy atom. The van der Waals surface area contributed by atoms with Crippen molar-refractivity contribution in [1.82, 2.24) is 20.1 Å². The van der Waals surface area contributed by atoms with Crippen molar-refractivity contribution < 1.29 is 19.2 Å². The van der Waals surface area contributed by atoms with Gasteiger partial charge >= 0.3 is 0 Å². The number of fused-ring (bicyclic) bond motifs is 2. The molecule has 39 heavy (non-hydrogen) atoms. The predicted molar refractivity (Wildman–Crippen MR) is 150 cm³/mol. The normalized spacial score (nSPS) is 19.5. The number of amides is 3.